The Morgan fingerprint density at radius 3 is 2.21 bits per heavy atom. The van der Waals surface area contributed by atoms with Gasteiger partial charge < -0.3 is 0 Å². The molecule has 4 heteroatoms. The Hall–Kier alpha value is -1.33. The monoisotopic (exact) mass is 343 g/mol. The molecule has 1 heterocycles. The van der Waals surface area contributed by atoms with Gasteiger partial charge >= 0.3 is 0 Å². The molecule has 0 aromatic heterocycles. The molecule has 0 bridgehead atoms. The third kappa shape index (κ3) is 4.01. The zero-order valence-corrected chi connectivity index (χ0v) is 15.0. The SMILES string of the molecule is CCCSOON1CCCC(c2ccccc2)(c2ccccc2)C1. The van der Waals surface area contributed by atoms with E-state index in [1.165, 1.54) is 23.2 Å². The largest absolute Gasteiger partial charge is 0.154 e. The van der Waals surface area contributed by atoms with E-state index in [-0.39, 0.29) is 5.41 Å². The molecule has 0 N–H and O–H groups in total. The summed E-state index contributed by atoms with van der Waals surface area (Å²) in [5, 5.41) is 1.96. The normalized spacial score (nSPS) is 17.7. The van der Waals surface area contributed by atoms with Gasteiger partial charge in [-0.1, -0.05) is 67.6 Å². The van der Waals surface area contributed by atoms with Crippen LogP contribution in [-0.2, 0) is 14.7 Å². The van der Waals surface area contributed by atoms with E-state index in [9.17, 15) is 0 Å². The number of piperidine rings is 1. The molecule has 0 saturated carbocycles. The van der Waals surface area contributed by atoms with Crippen LogP contribution in [0.2, 0.25) is 0 Å². The molecule has 1 aliphatic heterocycles. The maximum Gasteiger partial charge on any atom is 0.0409 e. The lowest BCUT2D eigenvalue weighted by atomic mass is 9.69. The first kappa shape index (κ1) is 17.5. The van der Waals surface area contributed by atoms with Crippen molar-refractivity contribution in [1.82, 2.24) is 5.06 Å². The zero-order chi connectivity index (χ0) is 16.7. The maximum atomic E-state index is 5.58. The maximum absolute atomic E-state index is 5.58. The molecule has 0 unspecified atom stereocenters. The average molecular weight is 343 g/mol. The summed E-state index contributed by atoms with van der Waals surface area (Å²) < 4.78 is 5.32. The Bertz CT molecular complexity index is 566. The van der Waals surface area contributed by atoms with Gasteiger partial charge in [-0.15, -0.1) is 9.32 Å². The van der Waals surface area contributed by atoms with E-state index < -0.39 is 0 Å². The number of hydrogen-bond acceptors (Lipinski definition) is 4. The standard InChI is InChI=1S/C20H25NO2S/c1-2-16-24-23-22-21-15-9-14-20(17-21,18-10-5-3-6-11-18)19-12-7-4-8-13-19/h3-8,10-13H,2,9,14-17H2,1H3. The van der Waals surface area contributed by atoms with E-state index >= 15 is 0 Å². The molecule has 0 radical (unpaired) electrons. The minimum absolute atomic E-state index is 0.0560. The highest BCUT2D eigenvalue weighted by Gasteiger charge is 2.39. The predicted molar refractivity (Wildman–Crippen MR) is 99.4 cm³/mol. The van der Waals surface area contributed by atoms with Gasteiger partial charge in [0.1, 0.15) is 0 Å². The molecular formula is C20H25NO2S. The van der Waals surface area contributed by atoms with Crippen molar-refractivity contribution in [3.05, 3.63) is 71.8 Å². The number of nitrogens with zero attached hydrogens (tertiary/aromatic N) is 1. The topological polar surface area (TPSA) is 21.7 Å². The lowest BCUT2D eigenvalue weighted by Crippen LogP contribution is -2.46. The van der Waals surface area contributed by atoms with Crippen molar-refractivity contribution >= 4 is 12.0 Å². The van der Waals surface area contributed by atoms with Gasteiger partial charge in [-0.3, -0.25) is 0 Å². The second-order valence-corrected chi connectivity index (χ2v) is 7.03. The Kier molecular flexibility index (Phi) is 6.32. The van der Waals surface area contributed by atoms with Gasteiger partial charge in [0, 0.05) is 36.3 Å². The summed E-state index contributed by atoms with van der Waals surface area (Å²) in [5.41, 5.74) is 2.62. The van der Waals surface area contributed by atoms with Crippen LogP contribution in [0.3, 0.4) is 0 Å². The molecular weight excluding hydrogens is 318 g/mol. The van der Waals surface area contributed by atoms with Crippen molar-refractivity contribution in [3.63, 3.8) is 0 Å². The molecule has 1 aliphatic rings. The summed E-state index contributed by atoms with van der Waals surface area (Å²) in [5.74, 6) is 0.941. The van der Waals surface area contributed by atoms with Crippen LogP contribution in [0.25, 0.3) is 0 Å². The van der Waals surface area contributed by atoms with Crippen molar-refractivity contribution in [1.29, 1.82) is 0 Å². The van der Waals surface area contributed by atoms with Crippen molar-refractivity contribution < 1.29 is 9.32 Å². The van der Waals surface area contributed by atoms with Crippen LogP contribution >= 0.6 is 12.0 Å². The quantitative estimate of drug-likeness (QED) is 0.305. The molecule has 128 valence electrons. The van der Waals surface area contributed by atoms with Crippen molar-refractivity contribution in [3.8, 4) is 0 Å². The molecule has 24 heavy (non-hydrogen) atoms. The molecule has 1 saturated heterocycles. The summed E-state index contributed by atoms with van der Waals surface area (Å²) in [6.45, 7) is 3.83. The van der Waals surface area contributed by atoms with Gasteiger partial charge in [0.15, 0.2) is 0 Å². The molecule has 0 amide bonds. The number of rotatable bonds is 7. The van der Waals surface area contributed by atoms with Crippen molar-refractivity contribution in [2.45, 2.75) is 31.6 Å². The lowest BCUT2D eigenvalue weighted by molar-refractivity contribution is -0.367. The van der Waals surface area contributed by atoms with Gasteiger partial charge in [0.2, 0.25) is 0 Å². The highest BCUT2D eigenvalue weighted by molar-refractivity contribution is 7.94. The van der Waals surface area contributed by atoms with Crippen molar-refractivity contribution in [2.24, 2.45) is 0 Å². The highest BCUT2D eigenvalue weighted by Crippen LogP contribution is 2.40. The third-order valence-electron chi connectivity index (χ3n) is 4.58. The molecule has 0 aliphatic carbocycles. The Balaban J connectivity index is 1.83. The summed E-state index contributed by atoms with van der Waals surface area (Å²) in [6, 6.07) is 21.5. The van der Waals surface area contributed by atoms with E-state index in [1.807, 2.05) is 5.06 Å². The minimum Gasteiger partial charge on any atom is -0.154 e. The number of hydrogen-bond donors (Lipinski definition) is 0. The Morgan fingerprint density at radius 2 is 1.62 bits per heavy atom. The fourth-order valence-electron chi connectivity index (χ4n) is 3.41. The molecule has 3 nitrogen and oxygen atoms in total. The van der Waals surface area contributed by atoms with Crippen LogP contribution in [0.1, 0.15) is 37.3 Å². The second-order valence-electron chi connectivity index (χ2n) is 6.25. The van der Waals surface area contributed by atoms with E-state index in [0.717, 1.165) is 38.1 Å². The predicted octanol–water partition coefficient (Wildman–Crippen LogP) is 4.99. The van der Waals surface area contributed by atoms with Crippen LogP contribution in [0.4, 0.5) is 0 Å². The molecule has 0 atom stereocenters. The van der Waals surface area contributed by atoms with Crippen LogP contribution in [0.15, 0.2) is 60.7 Å². The Morgan fingerprint density at radius 1 is 1.00 bits per heavy atom. The van der Waals surface area contributed by atoms with Gasteiger partial charge in [-0.05, 0) is 30.4 Å². The van der Waals surface area contributed by atoms with Crippen LogP contribution in [0.5, 0.6) is 0 Å². The van der Waals surface area contributed by atoms with Gasteiger partial charge in [-0.25, -0.2) is 0 Å². The molecule has 0 spiro atoms. The van der Waals surface area contributed by atoms with Gasteiger partial charge in [0.05, 0.1) is 0 Å². The first-order valence-electron chi connectivity index (χ1n) is 8.67. The third-order valence-corrected chi connectivity index (χ3v) is 5.31. The first-order valence-corrected chi connectivity index (χ1v) is 9.58. The van der Waals surface area contributed by atoms with Gasteiger partial charge in [-0.2, -0.15) is 5.06 Å². The number of hydroxylamine groups is 2. The fourth-order valence-corrected chi connectivity index (χ4v) is 3.78. The molecule has 3 rings (SSSR count). The smallest absolute Gasteiger partial charge is 0.0409 e. The summed E-state index contributed by atoms with van der Waals surface area (Å²) in [6.07, 6.45) is 3.26. The van der Waals surface area contributed by atoms with Gasteiger partial charge in [0.25, 0.3) is 0 Å². The number of benzene rings is 2. The summed E-state index contributed by atoms with van der Waals surface area (Å²) in [4.78, 5) is 5.58. The zero-order valence-electron chi connectivity index (χ0n) is 14.2. The second kappa shape index (κ2) is 8.67. The molecule has 1 fully saturated rings. The fraction of sp³-hybridized carbons (Fsp3) is 0.400. The lowest BCUT2D eigenvalue weighted by Gasteiger charge is -2.42. The van der Waals surface area contributed by atoms with Crippen LogP contribution < -0.4 is 0 Å². The van der Waals surface area contributed by atoms with E-state index in [1.54, 1.807) is 0 Å². The summed E-state index contributed by atoms with van der Waals surface area (Å²) >= 11 is 1.37. The highest BCUT2D eigenvalue weighted by atomic mass is 32.2. The minimum atomic E-state index is -0.0560. The molecule has 2 aromatic rings. The van der Waals surface area contributed by atoms with E-state index in [2.05, 4.69) is 67.6 Å². The van der Waals surface area contributed by atoms with E-state index in [4.69, 9.17) is 9.32 Å². The average Bonchev–Trinajstić information content (AvgIpc) is 2.67. The van der Waals surface area contributed by atoms with Crippen LogP contribution in [0, 0.1) is 0 Å². The molecule has 2 aromatic carbocycles. The van der Waals surface area contributed by atoms with Crippen LogP contribution in [-0.4, -0.2) is 23.9 Å². The first-order chi connectivity index (χ1) is 11.8. The van der Waals surface area contributed by atoms with Crippen molar-refractivity contribution in [2.75, 3.05) is 18.8 Å². The Labute approximate surface area is 149 Å². The summed E-state index contributed by atoms with van der Waals surface area (Å²) in [7, 11) is 0. The van der Waals surface area contributed by atoms with E-state index in [0.29, 0.717) is 0 Å².